The topological polar surface area (TPSA) is 81.4 Å². The molecule has 2 N–H and O–H groups in total. The van der Waals surface area contributed by atoms with Gasteiger partial charge in [-0.2, -0.15) is 5.10 Å². The molecule has 0 spiro atoms. The summed E-state index contributed by atoms with van der Waals surface area (Å²) in [5, 5.41) is 18.6. The van der Waals surface area contributed by atoms with Gasteiger partial charge in [0.2, 0.25) is 0 Å². The maximum atomic E-state index is 13.8. The number of aromatic nitrogens is 3. The number of nitrogens with zero attached hydrogens (tertiary/aromatic N) is 3. The molecule has 25 heavy (non-hydrogen) atoms. The number of hydrogen-bond acceptors (Lipinski definition) is 6. The molecule has 5 atom stereocenters. The smallest absolute Gasteiger partial charge is 0.183 e. The van der Waals surface area contributed by atoms with Gasteiger partial charge in [-0.3, -0.25) is 9.67 Å². The van der Waals surface area contributed by atoms with Crippen molar-refractivity contribution in [3.8, 4) is 0 Å². The minimum Gasteiger partial charge on any atom is -0.389 e. The fourth-order valence-electron chi connectivity index (χ4n) is 3.64. The lowest BCUT2D eigenvalue weighted by molar-refractivity contribution is -0.168. The van der Waals surface area contributed by atoms with Crippen LogP contribution in [-0.4, -0.2) is 51.0 Å². The molecule has 4 rings (SSSR count). The molecule has 2 bridgehead atoms. The van der Waals surface area contributed by atoms with Gasteiger partial charge >= 0.3 is 0 Å². The number of hydrogen-bond donors (Lipinski definition) is 2. The lowest BCUT2D eigenvalue weighted by Crippen LogP contribution is -2.57. The number of halogens is 1. The molecule has 2 fully saturated rings. The molecule has 2 aliphatic heterocycles. The summed E-state index contributed by atoms with van der Waals surface area (Å²) in [7, 11) is 0. The van der Waals surface area contributed by atoms with E-state index in [0.717, 1.165) is 11.4 Å². The summed E-state index contributed by atoms with van der Waals surface area (Å²) in [5.74, 6) is -0.378. The van der Waals surface area contributed by atoms with Crippen LogP contribution in [0.2, 0.25) is 0 Å². The van der Waals surface area contributed by atoms with Crippen LogP contribution in [-0.2, 0) is 16.0 Å². The molecular weight excluding hydrogens is 327 g/mol. The van der Waals surface area contributed by atoms with Gasteiger partial charge in [0.25, 0.3) is 0 Å². The monoisotopic (exact) mass is 348 g/mol. The zero-order valence-corrected chi connectivity index (χ0v) is 14.1. The zero-order chi connectivity index (χ0) is 17.6. The highest BCUT2D eigenvalue weighted by Gasteiger charge is 2.51. The number of rotatable bonds is 4. The third-order valence-corrected chi connectivity index (χ3v) is 4.84. The number of pyridine rings is 1. The van der Waals surface area contributed by atoms with Crippen LogP contribution >= 0.6 is 0 Å². The fourth-order valence-corrected chi connectivity index (χ4v) is 3.64. The lowest BCUT2D eigenvalue weighted by atomic mass is 9.95. The minimum atomic E-state index is -0.769. The van der Waals surface area contributed by atoms with Crippen LogP contribution in [0.3, 0.4) is 0 Å². The Labute approximate surface area is 144 Å². The van der Waals surface area contributed by atoms with Crippen molar-refractivity contribution in [2.45, 2.75) is 51.0 Å². The van der Waals surface area contributed by atoms with Crippen LogP contribution in [0.5, 0.6) is 0 Å². The number of fused-ring (bicyclic) bond motifs is 2. The Hall–Kier alpha value is -1.87. The Morgan fingerprint density at radius 3 is 3.00 bits per heavy atom. The average molecular weight is 348 g/mol. The van der Waals surface area contributed by atoms with Crippen molar-refractivity contribution in [1.29, 1.82) is 0 Å². The van der Waals surface area contributed by atoms with Crippen LogP contribution in [0.15, 0.2) is 24.5 Å². The van der Waals surface area contributed by atoms with E-state index in [1.165, 1.54) is 6.20 Å². The molecule has 0 radical (unpaired) electrons. The highest BCUT2D eigenvalue weighted by atomic mass is 19.1. The van der Waals surface area contributed by atoms with E-state index in [1.807, 2.05) is 19.9 Å². The summed E-state index contributed by atoms with van der Waals surface area (Å²) in [5.41, 5.74) is 2.29. The van der Waals surface area contributed by atoms with Gasteiger partial charge in [0.05, 0.1) is 30.6 Å². The van der Waals surface area contributed by atoms with Crippen LogP contribution in [0.4, 0.5) is 4.39 Å². The van der Waals surface area contributed by atoms with Gasteiger partial charge in [0.1, 0.15) is 18.0 Å². The van der Waals surface area contributed by atoms with E-state index in [-0.39, 0.29) is 24.5 Å². The van der Waals surface area contributed by atoms with E-state index in [2.05, 4.69) is 15.4 Å². The van der Waals surface area contributed by atoms with E-state index in [4.69, 9.17) is 9.47 Å². The van der Waals surface area contributed by atoms with Crippen LogP contribution in [0.25, 0.3) is 0 Å². The summed E-state index contributed by atoms with van der Waals surface area (Å²) in [6.45, 7) is 4.49. The van der Waals surface area contributed by atoms with Crippen LogP contribution in [0.1, 0.15) is 23.0 Å². The first-order valence-corrected chi connectivity index (χ1v) is 8.34. The Balaban J connectivity index is 1.56. The highest BCUT2D eigenvalue weighted by Crippen LogP contribution is 2.36. The SMILES string of the molecule is Cc1cc(C)n(C2C3OCC(O3)C(NCc3ccncc3F)C2O)n1. The summed E-state index contributed by atoms with van der Waals surface area (Å²) in [6.07, 6.45) is 1.14. The Morgan fingerprint density at radius 2 is 2.28 bits per heavy atom. The number of aliphatic hydroxyl groups is 1. The maximum Gasteiger partial charge on any atom is 0.183 e. The molecule has 8 heteroatoms. The van der Waals surface area contributed by atoms with Crippen molar-refractivity contribution in [2.75, 3.05) is 6.61 Å². The van der Waals surface area contributed by atoms with Crippen LogP contribution in [0, 0.1) is 19.7 Å². The first kappa shape index (κ1) is 16.6. The lowest BCUT2D eigenvalue weighted by Gasteiger charge is -2.39. The molecule has 2 saturated heterocycles. The van der Waals surface area contributed by atoms with E-state index in [9.17, 15) is 9.50 Å². The van der Waals surface area contributed by atoms with Crippen molar-refractivity contribution in [1.82, 2.24) is 20.1 Å². The normalized spacial score (nSPS) is 31.4. The summed E-state index contributed by atoms with van der Waals surface area (Å²) in [4.78, 5) is 3.75. The van der Waals surface area contributed by atoms with Gasteiger partial charge < -0.3 is 19.9 Å². The van der Waals surface area contributed by atoms with E-state index in [0.29, 0.717) is 12.2 Å². The molecule has 134 valence electrons. The standard InChI is InChI=1S/C17H21FN4O3/c1-9-5-10(2)22(21-9)15-16(23)14(13-8-24-17(15)25-13)20-6-11-3-4-19-7-12(11)18/h3-5,7,13-17,20,23H,6,8H2,1-2H3. The van der Waals surface area contributed by atoms with Crippen molar-refractivity contribution < 1.29 is 19.0 Å². The van der Waals surface area contributed by atoms with Crippen molar-refractivity contribution in [3.63, 3.8) is 0 Å². The molecule has 7 nitrogen and oxygen atoms in total. The van der Waals surface area contributed by atoms with E-state index < -0.39 is 18.4 Å². The first-order valence-electron chi connectivity index (χ1n) is 8.34. The molecular formula is C17H21FN4O3. The first-order chi connectivity index (χ1) is 12.0. The zero-order valence-electron chi connectivity index (χ0n) is 14.1. The van der Waals surface area contributed by atoms with Crippen LogP contribution < -0.4 is 5.32 Å². The summed E-state index contributed by atoms with van der Waals surface area (Å²) >= 11 is 0. The highest BCUT2D eigenvalue weighted by molar-refractivity contribution is 5.14. The molecule has 0 aromatic carbocycles. The molecule has 0 amide bonds. The Morgan fingerprint density at radius 1 is 1.44 bits per heavy atom. The van der Waals surface area contributed by atoms with Crippen molar-refractivity contribution in [2.24, 2.45) is 0 Å². The molecule has 0 aliphatic carbocycles. The quantitative estimate of drug-likeness (QED) is 0.853. The maximum absolute atomic E-state index is 13.8. The Kier molecular flexibility index (Phi) is 4.28. The van der Waals surface area contributed by atoms with Gasteiger partial charge in [-0.15, -0.1) is 0 Å². The van der Waals surface area contributed by atoms with Gasteiger partial charge in [-0.25, -0.2) is 4.39 Å². The number of ether oxygens (including phenoxy) is 2. The van der Waals surface area contributed by atoms with Crippen molar-refractivity contribution >= 4 is 0 Å². The third-order valence-electron chi connectivity index (χ3n) is 4.84. The predicted molar refractivity (Wildman–Crippen MR) is 86.2 cm³/mol. The van der Waals surface area contributed by atoms with Gasteiger partial charge in [-0.1, -0.05) is 0 Å². The fraction of sp³-hybridized carbons (Fsp3) is 0.529. The van der Waals surface area contributed by atoms with Gasteiger partial charge in [-0.05, 0) is 26.0 Å². The number of aliphatic hydroxyl groups excluding tert-OH is 1. The second-order valence-corrected chi connectivity index (χ2v) is 6.60. The summed E-state index contributed by atoms with van der Waals surface area (Å²) < 4.78 is 27.2. The third kappa shape index (κ3) is 2.95. The second-order valence-electron chi connectivity index (χ2n) is 6.60. The number of aryl methyl sites for hydroxylation is 2. The molecule has 2 aromatic heterocycles. The van der Waals surface area contributed by atoms with Crippen molar-refractivity contribution in [3.05, 3.63) is 47.3 Å². The van der Waals surface area contributed by atoms with Gasteiger partial charge in [0.15, 0.2) is 6.29 Å². The Bertz CT molecular complexity index is 768. The molecule has 2 aromatic rings. The van der Waals surface area contributed by atoms with E-state index >= 15 is 0 Å². The predicted octanol–water partition coefficient (Wildman–Crippen LogP) is 0.850. The second kappa shape index (κ2) is 6.45. The average Bonchev–Trinajstić information content (AvgIpc) is 3.14. The summed E-state index contributed by atoms with van der Waals surface area (Å²) in [6, 6.07) is 2.72. The van der Waals surface area contributed by atoms with E-state index in [1.54, 1.807) is 16.9 Å². The molecule has 5 unspecified atom stereocenters. The number of nitrogens with one attached hydrogen (secondary N) is 1. The molecule has 2 aliphatic rings. The molecule has 0 saturated carbocycles. The minimum absolute atomic E-state index is 0.268. The largest absolute Gasteiger partial charge is 0.389 e. The molecule has 4 heterocycles. The van der Waals surface area contributed by atoms with Gasteiger partial charge in [0, 0.05) is 24.0 Å².